The second-order valence-electron chi connectivity index (χ2n) is 5.44. The molecule has 1 aliphatic heterocycles. The predicted octanol–water partition coefficient (Wildman–Crippen LogP) is 0.00310. The number of nitrogens with two attached hydrogens (primary N) is 1. The zero-order valence-electron chi connectivity index (χ0n) is 11.5. The summed E-state index contributed by atoms with van der Waals surface area (Å²) in [6.45, 7) is 1.74. The molecule has 1 saturated heterocycles. The molecule has 1 heterocycles. The van der Waals surface area contributed by atoms with Crippen LogP contribution in [0.2, 0.25) is 0 Å². The highest BCUT2D eigenvalue weighted by Gasteiger charge is 2.27. The molecule has 0 aromatic heterocycles. The molecular weight excluding hydrogens is 256 g/mol. The van der Waals surface area contributed by atoms with E-state index < -0.39 is 5.91 Å². The number of nitrogens with zero attached hydrogens (tertiary/aromatic N) is 1. The van der Waals surface area contributed by atoms with Crippen molar-refractivity contribution in [3.8, 4) is 0 Å². The lowest BCUT2D eigenvalue weighted by Crippen LogP contribution is -2.39. The van der Waals surface area contributed by atoms with Crippen LogP contribution in [0, 0.1) is 5.92 Å². The first kappa shape index (κ1) is 15.0. The van der Waals surface area contributed by atoms with Gasteiger partial charge < -0.3 is 15.9 Å². The minimum Gasteiger partial charge on any atom is -0.395 e. The van der Waals surface area contributed by atoms with E-state index in [1.165, 1.54) is 0 Å². The number of primary amides is 1. The van der Waals surface area contributed by atoms with E-state index in [-0.39, 0.29) is 19.3 Å². The number of hydrogen-bond acceptors (Lipinski definition) is 4. The van der Waals surface area contributed by atoms with Crippen LogP contribution in [0.15, 0.2) is 24.3 Å². The summed E-state index contributed by atoms with van der Waals surface area (Å²) in [5, 5.41) is 18.4. The van der Waals surface area contributed by atoms with Crippen molar-refractivity contribution in [3.63, 3.8) is 0 Å². The van der Waals surface area contributed by atoms with Crippen LogP contribution in [0.4, 0.5) is 0 Å². The average molecular weight is 278 g/mol. The van der Waals surface area contributed by atoms with Gasteiger partial charge in [0.05, 0.1) is 19.3 Å². The quantitative estimate of drug-likeness (QED) is 0.684. The van der Waals surface area contributed by atoms with Crippen LogP contribution >= 0.6 is 0 Å². The van der Waals surface area contributed by atoms with Crippen LogP contribution in [0.3, 0.4) is 0 Å². The summed E-state index contributed by atoms with van der Waals surface area (Å²) in [5.41, 5.74) is 6.94. The number of benzene rings is 1. The third kappa shape index (κ3) is 3.56. The Morgan fingerprint density at radius 2 is 2.15 bits per heavy atom. The standard InChI is InChI=1S/C15H22N2O3/c16-15(20)13-3-1-2-11(7-13)6-12-4-5-17(8-12)14(9-18)10-19/h1-3,7,12,14,18-19H,4-6,8-10H2,(H2,16,20)/t12-/m0/s1. The van der Waals surface area contributed by atoms with Crippen molar-refractivity contribution in [2.45, 2.75) is 18.9 Å². The largest absolute Gasteiger partial charge is 0.395 e. The minimum atomic E-state index is -0.402. The molecule has 0 spiro atoms. The van der Waals surface area contributed by atoms with Crippen molar-refractivity contribution in [2.75, 3.05) is 26.3 Å². The fraction of sp³-hybridized carbons (Fsp3) is 0.533. The maximum absolute atomic E-state index is 11.2. The van der Waals surface area contributed by atoms with E-state index in [0.717, 1.165) is 31.5 Å². The highest BCUT2D eigenvalue weighted by atomic mass is 16.3. The van der Waals surface area contributed by atoms with E-state index in [1.54, 1.807) is 6.07 Å². The smallest absolute Gasteiger partial charge is 0.248 e. The number of carbonyl (C=O) groups excluding carboxylic acids is 1. The number of likely N-dealkylation sites (tertiary alicyclic amines) is 1. The predicted molar refractivity (Wildman–Crippen MR) is 76.3 cm³/mol. The topological polar surface area (TPSA) is 86.8 Å². The van der Waals surface area contributed by atoms with E-state index in [0.29, 0.717) is 11.5 Å². The highest BCUT2D eigenvalue weighted by Crippen LogP contribution is 2.22. The molecule has 0 aliphatic carbocycles. The molecule has 2 rings (SSSR count). The minimum absolute atomic E-state index is 0.0135. The summed E-state index contributed by atoms with van der Waals surface area (Å²) < 4.78 is 0. The van der Waals surface area contributed by atoms with Crippen LogP contribution in [0.1, 0.15) is 22.3 Å². The Morgan fingerprint density at radius 3 is 2.80 bits per heavy atom. The Bertz CT molecular complexity index is 460. The van der Waals surface area contributed by atoms with Crippen molar-refractivity contribution in [2.24, 2.45) is 11.7 Å². The second kappa shape index (κ2) is 6.83. The van der Waals surface area contributed by atoms with Crippen molar-refractivity contribution in [3.05, 3.63) is 35.4 Å². The number of aliphatic hydroxyl groups is 2. The molecule has 0 unspecified atom stereocenters. The van der Waals surface area contributed by atoms with Gasteiger partial charge in [0.25, 0.3) is 0 Å². The van der Waals surface area contributed by atoms with E-state index in [4.69, 9.17) is 5.73 Å². The number of carbonyl (C=O) groups is 1. The molecule has 1 atom stereocenters. The molecule has 0 radical (unpaired) electrons. The van der Waals surface area contributed by atoms with E-state index in [1.807, 2.05) is 18.2 Å². The summed E-state index contributed by atoms with van der Waals surface area (Å²) in [6, 6.07) is 7.27. The lowest BCUT2D eigenvalue weighted by molar-refractivity contribution is 0.0880. The van der Waals surface area contributed by atoms with Crippen molar-refractivity contribution in [1.82, 2.24) is 4.90 Å². The summed E-state index contributed by atoms with van der Waals surface area (Å²) in [6.07, 6.45) is 1.93. The number of rotatable bonds is 6. The summed E-state index contributed by atoms with van der Waals surface area (Å²) in [5.74, 6) is 0.0826. The molecule has 1 aliphatic rings. The van der Waals surface area contributed by atoms with Gasteiger partial charge >= 0.3 is 0 Å². The molecule has 0 saturated carbocycles. The molecule has 1 aromatic carbocycles. The van der Waals surface area contributed by atoms with Crippen LogP contribution in [-0.2, 0) is 6.42 Å². The van der Waals surface area contributed by atoms with Gasteiger partial charge in [0, 0.05) is 12.1 Å². The molecule has 20 heavy (non-hydrogen) atoms. The summed E-state index contributed by atoms with van der Waals surface area (Å²) in [7, 11) is 0. The van der Waals surface area contributed by atoms with Crippen LogP contribution < -0.4 is 5.73 Å². The molecule has 1 aromatic rings. The molecule has 1 fully saturated rings. The van der Waals surface area contributed by atoms with E-state index in [2.05, 4.69) is 4.90 Å². The molecule has 5 nitrogen and oxygen atoms in total. The lowest BCUT2D eigenvalue weighted by atomic mass is 9.97. The average Bonchev–Trinajstić information content (AvgIpc) is 2.89. The Kier molecular flexibility index (Phi) is 5.11. The Morgan fingerprint density at radius 1 is 1.40 bits per heavy atom. The third-order valence-corrected chi connectivity index (χ3v) is 3.99. The van der Waals surface area contributed by atoms with Gasteiger partial charge in [-0.05, 0) is 43.0 Å². The lowest BCUT2D eigenvalue weighted by Gasteiger charge is -2.24. The number of aliphatic hydroxyl groups excluding tert-OH is 2. The Labute approximate surface area is 119 Å². The first-order valence-electron chi connectivity index (χ1n) is 6.98. The fourth-order valence-electron chi connectivity index (χ4n) is 2.83. The van der Waals surface area contributed by atoms with Gasteiger partial charge in [-0.25, -0.2) is 0 Å². The van der Waals surface area contributed by atoms with Crippen molar-refractivity contribution >= 4 is 5.91 Å². The molecule has 4 N–H and O–H groups in total. The van der Waals surface area contributed by atoms with Gasteiger partial charge in [0.1, 0.15) is 0 Å². The monoisotopic (exact) mass is 278 g/mol. The van der Waals surface area contributed by atoms with Crippen molar-refractivity contribution in [1.29, 1.82) is 0 Å². The Balaban J connectivity index is 1.95. The van der Waals surface area contributed by atoms with E-state index >= 15 is 0 Å². The van der Waals surface area contributed by atoms with Crippen LogP contribution in [-0.4, -0.2) is 53.4 Å². The van der Waals surface area contributed by atoms with Gasteiger partial charge in [0.2, 0.25) is 5.91 Å². The van der Waals surface area contributed by atoms with Crippen molar-refractivity contribution < 1.29 is 15.0 Å². The van der Waals surface area contributed by atoms with Gasteiger partial charge in [-0.1, -0.05) is 12.1 Å². The highest BCUT2D eigenvalue weighted by molar-refractivity contribution is 5.92. The third-order valence-electron chi connectivity index (χ3n) is 3.99. The van der Waals surface area contributed by atoms with Crippen LogP contribution in [0.25, 0.3) is 0 Å². The summed E-state index contributed by atoms with van der Waals surface area (Å²) in [4.78, 5) is 13.3. The normalized spacial score (nSPS) is 19.6. The molecular formula is C15H22N2O3. The molecule has 0 bridgehead atoms. The first-order chi connectivity index (χ1) is 9.63. The number of hydrogen-bond donors (Lipinski definition) is 3. The SMILES string of the molecule is NC(=O)c1cccc(C[C@@H]2CCN(C(CO)CO)C2)c1. The zero-order valence-corrected chi connectivity index (χ0v) is 11.5. The molecule has 110 valence electrons. The van der Waals surface area contributed by atoms with Gasteiger partial charge in [-0.3, -0.25) is 9.69 Å². The number of amides is 1. The maximum Gasteiger partial charge on any atom is 0.248 e. The summed E-state index contributed by atoms with van der Waals surface area (Å²) >= 11 is 0. The fourth-order valence-corrected chi connectivity index (χ4v) is 2.83. The zero-order chi connectivity index (χ0) is 14.5. The van der Waals surface area contributed by atoms with Gasteiger partial charge in [-0.15, -0.1) is 0 Å². The van der Waals surface area contributed by atoms with Gasteiger partial charge in [0.15, 0.2) is 0 Å². The maximum atomic E-state index is 11.2. The Hall–Kier alpha value is -1.43. The molecule has 1 amide bonds. The molecule has 5 heteroatoms. The van der Waals surface area contributed by atoms with E-state index in [9.17, 15) is 15.0 Å². The van der Waals surface area contributed by atoms with Gasteiger partial charge in [-0.2, -0.15) is 0 Å². The first-order valence-corrected chi connectivity index (χ1v) is 6.98. The second-order valence-corrected chi connectivity index (χ2v) is 5.44. The van der Waals surface area contributed by atoms with Crippen LogP contribution in [0.5, 0.6) is 0 Å².